The Kier molecular flexibility index (Phi) is 8.56. The number of aromatic nitrogens is 1. The molecule has 0 saturated carbocycles. The molecular formula is C31H31NO7. The van der Waals surface area contributed by atoms with Crippen LogP contribution in [0.15, 0.2) is 72.8 Å². The number of benzene rings is 3. The third-order valence-electron chi connectivity index (χ3n) is 6.56. The zero-order valence-electron chi connectivity index (χ0n) is 22.6. The zero-order valence-corrected chi connectivity index (χ0v) is 22.6. The van der Waals surface area contributed by atoms with Gasteiger partial charge in [-0.15, -0.1) is 0 Å². The highest BCUT2D eigenvalue weighted by atomic mass is 16.5. The molecule has 202 valence electrons. The summed E-state index contributed by atoms with van der Waals surface area (Å²) in [6.07, 6.45) is 0.517. The zero-order chi connectivity index (χ0) is 27.9. The smallest absolute Gasteiger partial charge is 0.355 e. The maximum Gasteiger partial charge on any atom is 0.355 e. The van der Waals surface area contributed by atoms with Crippen LogP contribution in [0.2, 0.25) is 0 Å². The molecule has 4 rings (SSSR count). The fraction of sp³-hybridized carbons (Fsp3) is 0.226. The fourth-order valence-corrected chi connectivity index (χ4v) is 4.72. The van der Waals surface area contributed by atoms with Gasteiger partial charge < -0.3 is 28.3 Å². The Bertz CT molecular complexity index is 1390. The van der Waals surface area contributed by atoms with Crippen LogP contribution in [0.1, 0.15) is 26.5 Å². The number of carbonyl (C=O) groups excluding carboxylic acids is 2. The van der Waals surface area contributed by atoms with E-state index in [-0.39, 0.29) is 11.4 Å². The molecule has 1 aromatic heterocycles. The lowest BCUT2D eigenvalue weighted by Gasteiger charge is -2.14. The second-order valence-electron chi connectivity index (χ2n) is 8.58. The van der Waals surface area contributed by atoms with Crippen LogP contribution in [-0.2, 0) is 22.4 Å². The van der Waals surface area contributed by atoms with E-state index in [1.807, 2.05) is 60.7 Å². The number of hydrogen-bond acceptors (Lipinski definition) is 7. The summed E-state index contributed by atoms with van der Waals surface area (Å²) >= 11 is 0. The molecule has 0 aliphatic rings. The van der Waals surface area contributed by atoms with Gasteiger partial charge in [-0.25, -0.2) is 9.59 Å². The van der Waals surface area contributed by atoms with Crippen molar-refractivity contribution in [3.05, 3.63) is 89.7 Å². The number of hydrogen-bond donors (Lipinski definition) is 0. The van der Waals surface area contributed by atoms with E-state index < -0.39 is 11.9 Å². The Hall–Kier alpha value is -4.72. The average Bonchev–Trinajstić information content (AvgIpc) is 3.33. The van der Waals surface area contributed by atoms with E-state index in [1.165, 1.54) is 14.2 Å². The summed E-state index contributed by atoms with van der Waals surface area (Å²) in [7, 11) is 7.35. The third kappa shape index (κ3) is 5.31. The molecule has 3 aromatic carbocycles. The lowest BCUT2D eigenvalue weighted by atomic mass is 9.93. The monoisotopic (exact) mass is 529 g/mol. The molecule has 0 unspecified atom stereocenters. The van der Waals surface area contributed by atoms with E-state index in [0.29, 0.717) is 46.7 Å². The fourth-order valence-electron chi connectivity index (χ4n) is 4.72. The first kappa shape index (κ1) is 27.3. The maximum atomic E-state index is 13.5. The van der Waals surface area contributed by atoms with Crippen LogP contribution in [0, 0.1) is 0 Å². The quantitative estimate of drug-likeness (QED) is 0.245. The van der Waals surface area contributed by atoms with Crippen LogP contribution in [0.3, 0.4) is 0 Å². The Balaban J connectivity index is 2.08. The summed E-state index contributed by atoms with van der Waals surface area (Å²) in [4.78, 5) is 27.0. The van der Waals surface area contributed by atoms with E-state index in [0.717, 1.165) is 11.3 Å². The molecule has 0 spiro atoms. The number of carbonyl (C=O) groups is 2. The number of aryl methyl sites for hydroxylation is 1. The van der Waals surface area contributed by atoms with Crippen molar-refractivity contribution in [2.75, 3.05) is 35.5 Å². The molecule has 4 aromatic rings. The van der Waals surface area contributed by atoms with Gasteiger partial charge in [-0.1, -0.05) is 48.5 Å². The minimum Gasteiger partial charge on any atom is -0.497 e. The minimum absolute atomic E-state index is 0.205. The predicted octanol–water partition coefficient (Wildman–Crippen LogP) is 5.66. The van der Waals surface area contributed by atoms with Crippen LogP contribution in [0.4, 0.5) is 0 Å². The maximum absolute atomic E-state index is 13.5. The number of methoxy groups -OCH3 is 5. The molecule has 0 fully saturated rings. The summed E-state index contributed by atoms with van der Waals surface area (Å²) in [6, 6.07) is 22.3. The molecular weight excluding hydrogens is 498 g/mol. The summed E-state index contributed by atoms with van der Waals surface area (Å²) in [5.74, 6) is 0.598. The van der Waals surface area contributed by atoms with Gasteiger partial charge >= 0.3 is 11.9 Å². The highest BCUT2D eigenvalue weighted by Crippen LogP contribution is 2.46. The second kappa shape index (κ2) is 12.2. The van der Waals surface area contributed by atoms with Crippen LogP contribution in [-0.4, -0.2) is 52.1 Å². The first-order chi connectivity index (χ1) is 19.0. The highest BCUT2D eigenvalue weighted by molar-refractivity contribution is 6.10. The Morgan fingerprint density at radius 1 is 0.615 bits per heavy atom. The van der Waals surface area contributed by atoms with E-state index >= 15 is 0 Å². The molecule has 39 heavy (non-hydrogen) atoms. The van der Waals surface area contributed by atoms with Crippen LogP contribution in [0.5, 0.6) is 17.2 Å². The second-order valence-corrected chi connectivity index (χ2v) is 8.58. The minimum atomic E-state index is -0.600. The van der Waals surface area contributed by atoms with E-state index in [4.69, 9.17) is 23.7 Å². The van der Waals surface area contributed by atoms with E-state index in [1.54, 1.807) is 38.0 Å². The van der Waals surface area contributed by atoms with Gasteiger partial charge in [-0.2, -0.15) is 0 Å². The molecule has 0 bridgehead atoms. The number of nitrogens with zero attached hydrogens (tertiary/aromatic N) is 1. The lowest BCUT2D eigenvalue weighted by molar-refractivity contribution is 0.0578. The summed E-state index contributed by atoms with van der Waals surface area (Å²) in [5.41, 5.74) is 3.62. The normalized spacial score (nSPS) is 10.6. The number of rotatable bonds is 10. The SMILES string of the molecule is COC(=O)c1c(-c2ccccc2OC)c(-c2ccccc2OC)c(C(=O)OC)n1CCc1ccc(OC)cc1. The van der Waals surface area contributed by atoms with Crippen LogP contribution >= 0.6 is 0 Å². The van der Waals surface area contributed by atoms with Crippen molar-refractivity contribution >= 4 is 11.9 Å². The Morgan fingerprint density at radius 3 is 1.49 bits per heavy atom. The van der Waals surface area contributed by atoms with E-state index in [9.17, 15) is 9.59 Å². The largest absolute Gasteiger partial charge is 0.497 e. The van der Waals surface area contributed by atoms with Crippen molar-refractivity contribution in [3.8, 4) is 39.5 Å². The molecule has 8 nitrogen and oxygen atoms in total. The number of esters is 2. The van der Waals surface area contributed by atoms with Gasteiger partial charge in [0.2, 0.25) is 0 Å². The molecule has 0 aliphatic carbocycles. The van der Waals surface area contributed by atoms with Gasteiger partial charge in [0.25, 0.3) is 0 Å². The molecule has 0 saturated heterocycles. The van der Waals surface area contributed by atoms with Gasteiger partial charge in [0.15, 0.2) is 0 Å². The summed E-state index contributed by atoms with van der Waals surface area (Å²) in [5, 5.41) is 0. The molecule has 0 N–H and O–H groups in total. The van der Waals surface area contributed by atoms with Crippen molar-refractivity contribution in [2.45, 2.75) is 13.0 Å². The van der Waals surface area contributed by atoms with Crippen molar-refractivity contribution in [1.82, 2.24) is 4.57 Å². The topological polar surface area (TPSA) is 85.2 Å². The summed E-state index contributed by atoms with van der Waals surface area (Å²) in [6.45, 7) is 0.290. The van der Waals surface area contributed by atoms with Crippen molar-refractivity contribution in [3.63, 3.8) is 0 Å². The highest BCUT2D eigenvalue weighted by Gasteiger charge is 2.35. The average molecular weight is 530 g/mol. The Labute approximate surface area is 227 Å². The van der Waals surface area contributed by atoms with Crippen molar-refractivity contribution in [1.29, 1.82) is 0 Å². The molecule has 8 heteroatoms. The Morgan fingerprint density at radius 2 is 1.08 bits per heavy atom. The predicted molar refractivity (Wildman–Crippen MR) is 148 cm³/mol. The number of para-hydroxylation sites is 2. The first-order valence-electron chi connectivity index (χ1n) is 12.3. The standard InChI is InChI=1S/C31H31NO7/c1-35-21-16-14-20(15-17-21)18-19-32-28(30(33)38-4)26(22-10-6-8-12-24(22)36-2)27(29(32)31(34)39-5)23-11-7-9-13-25(23)37-3/h6-17H,18-19H2,1-5H3. The lowest BCUT2D eigenvalue weighted by Crippen LogP contribution is -2.18. The third-order valence-corrected chi connectivity index (χ3v) is 6.56. The summed E-state index contributed by atoms with van der Waals surface area (Å²) < 4.78 is 28.8. The molecule has 1 heterocycles. The first-order valence-corrected chi connectivity index (χ1v) is 12.3. The molecule has 0 amide bonds. The molecule has 0 aliphatic heterocycles. The van der Waals surface area contributed by atoms with Crippen molar-refractivity contribution < 1.29 is 33.3 Å². The molecule has 0 radical (unpaired) electrons. The van der Waals surface area contributed by atoms with Gasteiger partial charge in [-0.3, -0.25) is 0 Å². The van der Waals surface area contributed by atoms with Gasteiger partial charge in [0.1, 0.15) is 28.6 Å². The van der Waals surface area contributed by atoms with E-state index in [2.05, 4.69) is 0 Å². The van der Waals surface area contributed by atoms with Gasteiger partial charge in [-0.05, 0) is 36.2 Å². The number of ether oxygens (including phenoxy) is 5. The van der Waals surface area contributed by atoms with Crippen molar-refractivity contribution in [2.24, 2.45) is 0 Å². The molecule has 0 atom stereocenters. The van der Waals surface area contributed by atoms with Crippen LogP contribution in [0.25, 0.3) is 22.3 Å². The van der Waals surface area contributed by atoms with Crippen LogP contribution < -0.4 is 14.2 Å². The van der Waals surface area contributed by atoms with Gasteiger partial charge in [0.05, 0.1) is 35.5 Å². The van der Waals surface area contributed by atoms with Gasteiger partial charge in [0, 0.05) is 28.8 Å².